The van der Waals surface area contributed by atoms with Gasteiger partial charge in [0.15, 0.2) is 11.5 Å². The highest BCUT2D eigenvalue weighted by Gasteiger charge is 2.17. The molecule has 2 aromatic heterocycles. The zero-order chi connectivity index (χ0) is 14.4. The van der Waals surface area contributed by atoms with Gasteiger partial charge in [-0.3, -0.25) is 0 Å². The lowest BCUT2D eigenvalue weighted by Crippen LogP contribution is -2.02. The van der Waals surface area contributed by atoms with E-state index in [9.17, 15) is 4.79 Å². The van der Waals surface area contributed by atoms with Crippen molar-refractivity contribution in [2.45, 2.75) is 6.54 Å². The lowest BCUT2D eigenvalue weighted by atomic mass is 10.3. The molecule has 3 aromatic rings. The lowest BCUT2D eigenvalue weighted by molar-refractivity contribution is 0.0660. The van der Waals surface area contributed by atoms with Gasteiger partial charge in [-0.2, -0.15) is 15.0 Å². The number of aromatic carboxylic acids is 1. The number of furan rings is 1. The molecule has 0 spiro atoms. The van der Waals surface area contributed by atoms with Gasteiger partial charge >= 0.3 is 5.97 Å². The number of aromatic nitrogens is 3. The molecular formula is C13H9N3O5. The van der Waals surface area contributed by atoms with Crippen molar-refractivity contribution in [3.63, 3.8) is 0 Å². The molecular weight excluding hydrogens is 278 g/mol. The van der Waals surface area contributed by atoms with Crippen molar-refractivity contribution in [2.75, 3.05) is 6.79 Å². The van der Waals surface area contributed by atoms with Gasteiger partial charge in [-0.05, 0) is 12.1 Å². The third-order valence-electron chi connectivity index (χ3n) is 3.09. The van der Waals surface area contributed by atoms with Gasteiger partial charge in [0.25, 0.3) is 0 Å². The fraction of sp³-hybridized carbons (Fsp3) is 0.154. The molecule has 8 heteroatoms. The topological polar surface area (TPSA) is 99.6 Å². The van der Waals surface area contributed by atoms with Crippen molar-refractivity contribution in [2.24, 2.45) is 0 Å². The predicted molar refractivity (Wildman–Crippen MR) is 68.4 cm³/mol. The second-order valence-corrected chi connectivity index (χ2v) is 4.50. The third kappa shape index (κ3) is 1.97. The van der Waals surface area contributed by atoms with Gasteiger partial charge in [0.1, 0.15) is 23.3 Å². The van der Waals surface area contributed by atoms with Crippen LogP contribution in [-0.2, 0) is 6.54 Å². The number of fused-ring (bicyclic) bond motifs is 2. The van der Waals surface area contributed by atoms with Gasteiger partial charge in [-0.1, -0.05) is 0 Å². The van der Waals surface area contributed by atoms with Crippen LogP contribution in [0.25, 0.3) is 11.0 Å². The van der Waals surface area contributed by atoms with E-state index >= 15 is 0 Å². The number of carboxylic acid groups (broad SMARTS) is 1. The molecule has 0 aliphatic carbocycles. The summed E-state index contributed by atoms with van der Waals surface area (Å²) in [6.45, 7) is 0.445. The number of rotatable bonds is 3. The van der Waals surface area contributed by atoms with E-state index in [-0.39, 0.29) is 19.1 Å². The average Bonchev–Trinajstić information content (AvgIpc) is 3.13. The van der Waals surface area contributed by atoms with Gasteiger partial charge in [0, 0.05) is 12.1 Å². The Hall–Kier alpha value is -3.03. The summed E-state index contributed by atoms with van der Waals surface area (Å²) < 4.78 is 15.7. The Morgan fingerprint density at radius 1 is 1.19 bits per heavy atom. The molecule has 0 fully saturated rings. The first-order valence-electron chi connectivity index (χ1n) is 6.15. The molecule has 0 unspecified atom stereocenters. The Morgan fingerprint density at radius 3 is 2.43 bits per heavy atom. The van der Waals surface area contributed by atoms with Crippen molar-refractivity contribution in [3.8, 4) is 11.5 Å². The maximum absolute atomic E-state index is 10.8. The summed E-state index contributed by atoms with van der Waals surface area (Å²) in [5.41, 5.74) is 1.34. The fourth-order valence-corrected chi connectivity index (χ4v) is 2.14. The van der Waals surface area contributed by atoms with Crippen molar-refractivity contribution in [3.05, 3.63) is 35.8 Å². The number of nitrogens with zero attached hydrogens (tertiary/aromatic N) is 3. The molecule has 0 amide bonds. The number of hydrogen-bond acceptors (Lipinski definition) is 6. The van der Waals surface area contributed by atoms with Gasteiger partial charge in [-0.15, -0.1) is 0 Å². The van der Waals surface area contributed by atoms with E-state index in [0.29, 0.717) is 28.3 Å². The van der Waals surface area contributed by atoms with E-state index in [4.69, 9.17) is 19.0 Å². The summed E-state index contributed by atoms with van der Waals surface area (Å²) in [4.78, 5) is 12.2. The van der Waals surface area contributed by atoms with Crippen LogP contribution in [0.15, 0.2) is 28.7 Å². The van der Waals surface area contributed by atoms with Crippen LogP contribution >= 0.6 is 0 Å². The van der Waals surface area contributed by atoms with Crippen LogP contribution in [-0.4, -0.2) is 32.9 Å². The highest BCUT2D eigenvalue weighted by molar-refractivity contribution is 5.84. The molecule has 0 saturated heterocycles. The van der Waals surface area contributed by atoms with Crippen LogP contribution in [0.4, 0.5) is 0 Å². The maximum atomic E-state index is 10.8. The minimum Gasteiger partial charge on any atom is -0.475 e. The summed E-state index contributed by atoms with van der Waals surface area (Å²) >= 11 is 0. The molecule has 0 radical (unpaired) electrons. The number of benzene rings is 1. The largest absolute Gasteiger partial charge is 0.475 e. The highest BCUT2D eigenvalue weighted by atomic mass is 16.7. The average molecular weight is 287 g/mol. The number of carboxylic acids is 1. The van der Waals surface area contributed by atoms with Crippen LogP contribution in [0, 0.1) is 0 Å². The smallest absolute Gasteiger partial charge is 0.371 e. The van der Waals surface area contributed by atoms with Crippen LogP contribution in [0.2, 0.25) is 0 Å². The SMILES string of the molecule is O=C(O)c1ccc(Cn2nc3cc4c(cc3n2)OCO4)o1. The number of ether oxygens (including phenoxy) is 2. The lowest BCUT2D eigenvalue weighted by Gasteiger charge is -1.94. The zero-order valence-corrected chi connectivity index (χ0v) is 10.6. The van der Waals surface area contributed by atoms with E-state index in [2.05, 4.69) is 10.2 Å². The van der Waals surface area contributed by atoms with E-state index in [1.54, 1.807) is 18.2 Å². The van der Waals surface area contributed by atoms with E-state index in [1.807, 2.05) is 0 Å². The van der Waals surface area contributed by atoms with Crippen molar-refractivity contribution >= 4 is 17.0 Å². The van der Waals surface area contributed by atoms with E-state index in [0.717, 1.165) is 0 Å². The van der Waals surface area contributed by atoms with Crippen LogP contribution in [0.1, 0.15) is 16.3 Å². The minimum atomic E-state index is -1.11. The molecule has 1 aliphatic rings. The molecule has 0 saturated carbocycles. The Labute approximate surface area is 117 Å². The molecule has 3 heterocycles. The quantitative estimate of drug-likeness (QED) is 0.779. The standard InChI is InChI=1S/C13H9N3O5/c17-13(18)10-2-1-7(21-10)5-16-14-8-3-11-12(20-6-19-11)4-9(8)15-16/h1-4H,5-6H2,(H,17,18). The Kier molecular flexibility index (Phi) is 2.37. The molecule has 0 bridgehead atoms. The third-order valence-corrected chi connectivity index (χ3v) is 3.09. The number of carbonyl (C=O) groups is 1. The molecule has 8 nitrogen and oxygen atoms in total. The van der Waals surface area contributed by atoms with E-state index < -0.39 is 5.97 Å². The second kappa shape index (κ2) is 4.23. The summed E-state index contributed by atoms with van der Waals surface area (Å²) in [6, 6.07) is 6.50. The van der Waals surface area contributed by atoms with E-state index in [1.165, 1.54) is 10.9 Å². The minimum absolute atomic E-state index is 0.109. The molecule has 21 heavy (non-hydrogen) atoms. The summed E-state index contributed by atoms with van der Waals surface area (Å²) in [5.74, 6) is 0.530. The molecule has 1 aliphatic heterocycles. The predicted octanol–water partition coefficient (Wildman–Crippen LogP) is 1.50. The first-order valence-corrected chi connectivity index (χ1v) is 6.15. The van der Waals surface area contributed by atoms with Gasteiger partial charge < -0.3 is 19.0 Å². The maximum Gasteiger partial charge on any atom is 0.371 e. The van der Waals surface area contributed by atoms with Gasteiger partial charge in [0.05, 0.1) is 0 Å². The molecule has 1 N–H and O–H groups in total. The summed E-state index contributed by atoms with van der Waals surface area (Å²) in [7, 11) is 0. The van der Waals surface area contributed by atoms with Gasteiger partial charge in [-0.25, -0.2) is 4.79 Å². The van der Waals surface area contributed by atoms with Crippen molar-refractivity contribution < 1.29 is 23.8 Å². The number of hydrogen-bond donors (Lipinski definition) is 1. The molecule has 4 rings (SSSR count). The van der Waals surface area contributed by atoms with Crippen molar-refractivity contribution in [1.82, 2.24) is 15.0 Å². The highest BCUT2D eigenvalue weighted by Crippen LogP contribution is 2.34. The van der Waals surface area contributed by atoms with Crippen LogP contribution in [0.3, 0.4) is 0 Å². The summed E-state index contributed by atoms with van der Waals surface area (Å²) in [6.07, 6.45) is 0. The Balaban J connectivity index is 1.65. The monoisotopic (exact) mass is 287 g/mol. The normalized spacial score (nSPS) is 13.0. The molecule has 0 atom stereocenters. The Morgan fingerprint density at radius 2 is 1.86 bits per heavy atom. The van der Waals surface area contributed by atoms with Crippen LogP contribution < -0.4 is 9.47 Å². The molecule has 106 valence electrons. The zero-order valence-electron chi connectivity index (χ0n) is 10.6. The first-order chi connectivity index (χ1) is 10.2. The summed E-state index contributed by atoms with van der Waals surface area (Å²) in [5, 5.41) is 17.4. The first kappa shape index (κ1) is 11.8. The Bertz CT molecular complexity index is 810. The fourth-order valence-electron chi connectivity index (χ4n) is 2.14. The van der Waals surface area contributed by atoms with Crippen molar-refractivity contribution in [1.29, 1.82) is 0 Å². The molecule has 1 aromatic carbocycles. The van der Waals surface area contributed by atoms with Gasteiger partial charge in [0.2, 0.25) is 12.6 Å². The second-order valence-electron chi connectivity index (χ2n) is 4.50. The van der Waals surface area contributed by atoms with Crippen LogP contribution in [0.5, 0.6) is 11.5 Å².